The van der Waals surface area contributed by atoms with Crippen molar-refractivity contribution >= 4 is 23.5 Å². The molecular weight excluding hydrogens is 433 g/mol. The first-order valence-electron chi connectivity index (χ1n) is 12.7. The van der Waals surface area contributed by atoms with Gasteiger partial charge in [-0.1, -0.05) is 32.6 Å². The standard InChI is InChI=1S/C25H38FN7O/c1-3-33-14-8-11-21(33)17-27-23-30-24(28-19-9-6-4-5-7-10-19)32-25(31-23)29-20-12-13-22(34-2)18(15-20)16-26/h12-13,15,19,21H,3-11,14,16-17H2,1-2H3,(H3,27,28,29,30,31,32). The molecule has 1 saturated carbocycles. The Labute approximate surface area is 202 Å². The zero-order valence-electron chi connectivity index (χ0n) is 20.4. The summed E-state index contributed by atoms with van der Waals surface area (Å²) in [5.74, 6) is 2.09. The molecule has 0 amide bonds. The van der Waals surface area contributed by atoms with Gasteiger partial charge in [-0.15, -0.1) is 0 Å². The van der Waals surface area contributed by atoms with Crippen LogP contribution < -0.4 is 20.7 Å². The molecule has 1 unspecified atom stereocenters. The first kappa shape index (κ1) is 24.4. The number of hydrogen-bond acceptors (Lipinski definition) is 8. The number of ether oxygens (including phenoxy) is 1. The van der Waals surface area contributed by atoms with Crippen LogP contribution in [0.2, 0.25) is 0 Å². The SMILES string of the molecule is CCN1CCCC1CNc1nc(Nc2ccc(OC)c(CF)c2)nc(NC2CCCCCC2)n1. The number of nitrogens with one attached hydrogen (secondary N) is 3. The topological polar surface area (TPSA) is 87.2 Å². The van der Waals surface area contributed by atoms with E-state index in [0.29, 0.717) is 46.9 Å². The van der Waals surface area contributed by atoms with E-state index in [-0.39, 0.29) is 0 Å². The Morgan fingerprint density at radius 3 is 2.50 bits per heavy atom. The number of anilines is 4. The van der Waals surface area contributed by atoms with Gasteiger partial charge in [-0.3, -0.25) is 4.90 Å². The van der Waals surface area contributed by atoms with Crippen molar-refractivity contribution in [2.24, 2.45) is 0 Å². The van der Waals surface area contributed by atoms with Crippen LogP contribution in [0.5, 0.6) is 5.75 Å². The average Bonchev–Trinajstić information content (AvgIpc) is 3.17. The van der Waals surface area contributed by atoms with Crippen molar-refractivity contribution in [3.05, 3.63) is 23.8 Å². The Morgan fingerprint density at radius 1 is 1.00 bits per heavy atom. The zero-order chi connectivity index (χ0) is 23.8. The Morgan fingerprint density at radius 2 is 1.76 bits per heavy atom. The normalized spacial score (nSPS) is 19.6. The van der Waals surface area contributed by atoms with Gasteiger partial charge < -0.3 is 20.7 Å². The van der Waals surface area contributed by atoms with Crippen molar-refractivity contribution < 1.29 is 9.13 Å². The van der Waals surface area contributed by atoms with Crippen LogP contribution in [0.15, 0.2) is 18.2 Å². The van der Waals surface area contributed by atoms with Gasteiger partial charge in [0.2, 0.25) is 17.8 Å². The van der Waals surface area contributed by atoms with E-state index in [1.54, 1.807) is 19.2 Å². The highest BCUT2D eigenvalue weighted by atomic mass is 19.1. The summed E-state index contributed by atoms with van der Waals surface area (Å²) < 4.78 is 18.7. The molecule has 1 atom stereocenters. The van der Waals surface area contributed by atoms with E-state index in [1.165, 1.54) is 38.5 Å². The molecule has 3 N–H and O–H groups in total. The summed E-state index contributed by atoms with van der Waals surface area (Å²) in [5.41, 5.74) is 1.19. The molecule has 186 valence electrons. The molecule has 4 rings (SSSR count). The maximum Gasteiger partial charge on any atom is 0.233 e. The van der Waals surface area contributed by atoms with Crippen molar-refractivity contribution in [1.29, 1.82) is 0 Å². The molecule has 9 heteroatoms. The van der Waals surface area contributed by atoms with Crippen molar-refractivity contribution in [1.82, 2.24) is 19.9 Å². The minimum atomic E-state index is -0.605. The second-order valence-electron chi connectivity index (χ2n) is 9.23. The summed E-state index contributed by atoms with van der Waals surface area (Å²) >= 11 is 0. The highest BCUT2D eigenvalue weighted by Gasteiger charge is 2.23. The van der Waals surface area contributed by atoms with E-state index in [9.17, 15) is 4.39 Å². The van der Waals surface area contributed by atoms with Crippen LogP contribution in [0.3, 0.4) is 0 Å². The van der Waals surface area contributed by atoms with Gasteiger partial charge in [0.25, 0.3) is 0 Å². The molecule has 8 nitrogen and oxygen atoms in total. The first-order valence-corrected chi connectivity index (χ1v) is 12.7. The van der Waals surface area contributed by atoms with E-state index in [1.807, 2.05) is 6.07 Å². The van der Waals surface area contributed by atoms with Gasteiger partial charge in [-0.05, 0) is 57.0 Å². The molecule has 1 aliphatic carbocycles. The molecule has 1 aromatic carbocycles. The molecular formula is C25H38FN7O. The van der Waals surface area contributed by atoms with E-state index < -0.39 is 6.67 Å². The number of nitrogens with zero attached hydrogens (tertiary/aromatic N) is 4. The van der Waals surface area contributed by atoms with Gasteiger partial charge >= 0.3 is 0 Å². The maximum absolute atomic E-state index is 13.4. The Bertz CT molecular complexity index is 920. The monoisotopic (exact) mass is 471 g/mol. The van der Waals surface area contributed by atoms with Gasteiger partial charge in [0.1, 0.15) is 12.4 Å². The molecule has 0 bridgehead atoms. The quantitative estimate of drug-likeness (QED) is 0.412. The summed E-state index contributed by atoms with van der Waals surface area (Å²) in [7, 11) is 1.54. The molecule has 1 aliphatic heterocycles. The molecule has 0 spiro atoms. The van der Waals surface area contributed by atoms with Crippen LogP contribution in [0, 0.1) is 0 Å². The van der Waals surface area contributed by atoms with Gasteiger partial charge in [0, 0.05) is 29.9 Å². The predicted octanol–water partition coefficient (Wildman–Crippen LogP) is 5.12. The van der Waals surface area contributed by atoms with Crippen molar-refractivity contribution in [3.8, 4) is 5.75 Å². The Hall–Kier alpha value is -2.68. The first-order chi connectivity index (χ1) is 16.7. The van der Waals surface area contributed by atoms with Crippen molar-refractivity contribution in [3.63, 3.8) is 0 Å². The van der Waals surface area contributed by atoms with Crippen molar-refractivity contribution in [2.75, 3.05) is 42.7 Å². The van der Waals surface area contributed by atoms with Crippen LogP contribution in [-0.4, -0.2) is 58.7 Å². The number of methoxy groups -OCH3 is 1. The van der Waals surface area contributed by atoms with Gasteiger partial charge in [-0.25, -0.2) is 4.39 Å². The third-order valence-electron chi connectivity index (χ3n) is 6.91. The van der Waals surface area contributed by atoms with E-state index in [0.717, 1.165) is 32.5 Å². The van der Waals surface area contributed by atoms with Crippen LogP contribution in [0.1, 0.15) is 63.9 Å². The fourth-order valence-electron chi connectivity index (χ4n) is 5.02. The number of likely N-dealkylation sites (tertiary alicyclic amines) is 1. The lowest BCUT2D eigenvalue weighted by Crippen LogP contribution is -2.35. The van der Waals surface area contributed by atoms with Gasteiger partial charge in [0.05, 0.1) is 7.11 Å². The highest BCUT2D eigenvalue weighted by molar-refractivity contribution is 5.59. The Balaban J connectivity index is 1.53. The molecule has 2 fully saturated rings. The Kier molecular flexibility index (Phi) is 8.73. The summed E-state index contributed by atoms with van der Waals surface area (Å²) in [6.45, 7) is 4.61. The molecule has 2 aliphatic rings. The summed E-state index contributed by atoms with van der Waals surface area (Å²) in [6.07, 6.45) is 9.70. The highest BCUT2D eigenvalue weighted by Crippen LogP contribution is 2.26. The van der Waals surface area contributed by atoms with E-state index in [2.05, 4.69) is 42.7 Å². The molecule has 1 aromatic heterocycles. The van der Waals surface area contributed by atoms with Gasteiger partial charge in [-0.2, -0.15) is 15.0 Å². The summed E-state index contributed by atoms with van der Waals surface area (Å²) in [4.78, 5) is 16.4. The number of alkyl halides is 1. The van der Waals surface area contributed by atoms with E-state index >= 15 is 0 Å². The number of hydrogen-bond donors (Lipinski definition) is 3. The summed E-state index contributed by atoms with van der Waals surface area (Å²) in [6, 6.07) is 6.18. The second-order valence-corrected chi connectivity index (χ2v) is 9.23. The third-order valence-corrected chi connectivity index (χ3v) is 6.91. The predicted molar refractivity (Wildman–Crippen MR) is 135 cm³/mol. The molecule has 2 aromatic rings. The van der Waals surface area contributed by atoms with E-state index in [4.69, 9.17) is 4.74 Å². The fourth-order valence-corrected chi connectivity index (χ4v) is 5.02. The lowest BCUT2D eigenvalue weighted by Gasteiger charge is -2.23. The number of likely N-dealkylation sites (N-methyl/N-ethyl adjacent to an activating group) is 1. The third kappa shape index (κ3) is 6.46. The maximum atomic E-state index is 13.4. The van der Waals surface area contributed by atoms with Crippen molar-refractivity contribution in [2.45, 2.75) is 77.0 Å². The van der Waals surface area contributed by atoms with Crippen LogP contribution in [0.4, 0.5) is 27.9 Å². The minimum Gasteiger partial charge on any atom is -0.496 e. The van der Waals surface area contributed by atoms with Crippen LogP contribution in [0.25, 0.3) is 0 Å². The molecule has 1 saturated heterocycles. The molecule has 2 heterocycles. The minimum absolute atomic E-state index is 0.371. The lowest BCUT2D eigenvalue weighted by molar-refractivity contribution is 0.277. The number of aromatic nitrogens is 3. The van der Waals surface area contributed by atoms with Crippen LogP contribution >= 0.6 is 0 Å². The average molecular weight is 472 g/mol. The molecule has 34 heavy (non-hydrogen) atoms. The summed E-state index contributed by atoms with van der Waals surface area (Å²) in [5, 5.41) is 10.2. The second kappa shape index (κ2) is 12.1. The molecule has 0 radical (unpaired) electrons. The van der Waals surface area contributed by atoms with Gasteiger partial charge in [0.15, 0.2) is 0 Å². The number of benzene rings is 1. The largest absolute Gasteiger partial charge is 0.496 e. The number of halogens is 1. The number of rotatable bonds is 10. The van der Waals surface area contributed by atoms with Crippen LogP contribution in [-0.2, 0) is 6.67 Å². The fraction of sp³-hybridized carbons (Fsp3) is 0.640. The zero-order valence-corrected chi connectivity index (χ0v) is 20.4. The lowest BCUT2D eigenvalue weighted by atomic mass is 10.1. The smallest absolute Gasteiger partial charge is 0.233 e.